The molecule has 0 aromatic heterocycles. The fourth-order valence-corrected chi connectivity index (χ4v) is 10.2. The molecule has 0 aliphatic heterocycles. The van der Waals surface area contributed by atoms with E-state index in [1.807, 2.05) is 0 Å². The molecule has 0 aromatic carbocycles. The summed E-state index contributed by atoms with van der Waals surface area (Å²) in [5, 5.41) is 0. The summed E-state index contributed by atoms with van der Waals surface area (Å²) in [5.74, 6) is -0.859. The van der Waals surface area contributed by atoms with Gasteiger partial charge in [-0.1, -0.05) is 325 Å². The highest BCUT2D eigenvalue weighted by Gasteiger charge is 2.19. The Morgan fingerprint density at radius 3 is 0.775 bits per heavy atom. The molecule has 0 aromatic rings. The summed E-state index contributed by atoms with van der Waals surface area (Å²) in [6, 6.07) is 0. The highest BCUT2D eigenvalue weighted by molar-refractivity contribution is 5.71. The summed E-state index contributed by atoms with van der Waals surface area (Å²) < 4.78 is 17.0. The van der Waals surface area contributed by atoms with Gasteiger partial charge in [-0.2, -0.15) is 0 Å². The Morgan fingerprint density at radius 2 is 0.487 bits per heavy atom. The first kappa shape index (κ1) is 76.9. The zero-order chi connectivity index (χ0) is 57.8. The zero-order valence-electron chi connectivity index (χ0n) is 53.3. The molecule has 0 fully saturated rings. The van der Waals surface area contributed by atoms with Crippen LogP contribution in [0.2, 0.25) is 0 Å². The predicted octanol–water partition coefficient (Wildman–Crippen LogP) is 24.1. The maximum absolute atomic E-state index is 13.0. The van der Waals surface area contributed by atoms with E-state index in [9.17, 15) is 14.4 Å². The number of esters is 3. The largest absolute Gasteiger partial charge is 0.462 e. The fraction of sp³-hybridized carbons (Fsp3) is 0.797. The highest BCUT2D eigenvalue weighted by atomic mass is 16.6. The molecule has 0 rings (SSSR count). The molecule has 0 amide bonds. The van der Waals surface area contributed by atoms with Crippen LogP contribution in [0.3, 0.4) is 0 Å². The second kappa shape index (κ2) is 68.3. The first-order chi connectivity index (χ1) is 39.5. The van der Waals surface area contributed by atoms with E-state index < -0.39 is 6.10 Å². The van der Waals surface area contributed by atoms with Crippen molar-refractivity contribution < 1.29 is 28.6 Å². The molecular formula is C74H132O6. The minimum atomic E-state index is -0.777. The van der Waals surface area contributed by atoms with Gasteiger partial charge in [0, 0.05) is 19.3 Å². The van der Waals surface area contributed by atoms with E-state index in [0.29, 0.717) is 19.3 Å². The van der Waals surface area contributed by atoms with Gasteiger partial charge in [0.1, 0.15) is 13.2 Å². The van der Waals surface area contributed by atoms with Gasteiger partial charge in [0.2, 0.25) is 0 Å². The number of hydrogen-bond donors (Lipinski definition) is 0. The lowest BCUT2D eigenvalue weighted by Crippen LogP contribution is -2.30. The Labute approximate surface area is 497 Å². The third kappa shape index (κ3) is 65.7. The van der Waals surface area contributed by atoms with Crippen LogP contribution < -0.4 is 0 Å². The second-order valence-corrected chi connectivity index (χ2v) is 23.4. The molecule has 1 atom stereocenters. The van der Waals surface area contributed by atoms with Crippen molar-refractivity contribution in [2.45, 2.75) is 367 Å². The van der Waals surface area contributed by atoms with Crippen LogP contribution in [0.4, 0.5) is 0 Å². The number of rotatable bonds is 64. The minimum absolute atomic E-state index is 0.0729. The average molecular weight is 1120 g/mol. The van der Waals surface area contributed by atoms with Gasteiger partial charge in [-0.05, 0) is 89.9 Å². The normalized spacial score (nSPS) is 12.5. The number of carbonyl (C=O) groups excluding carboxylic acids is 3. The van der Waals surface area contributed by atoms with E-state index in [2.05, 4.69) is 93.7 Å². The third-order valence-corrected chi connectivity index (χ3v) is 15.4. The van der Waals surface area contributed by atoms with Crippen molar-refractivity contribution in [2.75, 3.05) is 13.2 Å². The smallest absolute Gasteiger partial charge is 0.306 e. The molecule has 0 aliphatic rings. The van der Waals surface area contributed by atoms with E-state index >= 15 is 0 Å². The minimum Gasteiger partial charge on any atom is -0.462 e. The highest BCUT2D eigenvalue weighted by Crippen LogP contribution is 2.18. The van der Waals surface area contributed by atoms with Crippen LogP contribution in [0, 0.1) is 0 Å². The second-order valence-electron chi connectivity index (χ2n) is 23.4. The van der Waals surface area contributed by atoms with Gasteiger partial charge in [-0.25, -0.2) is 0 Å². The molecular weight excluding hydrogens is 985 g/mol. The van der Waals surface area contributed by atoms with Crippen LogP contribution in [0.25, 0.3) is 0 Å². The van der Waals surface area contributed by atoms with Crippen molar-refractivity contribution in [3.63, 3.8) is 0 Å². The van der Waals surface area contributed by atoms with Crippen molar-refractivity contribution in [3.05, 3.63) is 72.9 Å². The lowest BCUT2D eigenvalue weighted by molar-refractivity contribution is -0.167. The first-order valence-electron chi connectivity index (χ1n) is 34.9. The zero-order valence-corrected chi connectivity index (χ0v) is 53.3. The number of hydrogen-bond acceptors (Lipinski definition) is 6. The SMILES string of the molecule is CC/C=C\C/C=C\C/C=C\C/C=C\C/C=C\CCCCCCCCCCCC(=O)OCC(COC(=O)CCCCCCCCCCCCCC)OC(=O)CCCCCCCCCCCCCCC/C=C\CCCCCCCCCC. The summed E-state index contributed by atoms with van der Waals surface area (Å²) in [6.45, 7) is 6.57. The number of carbonyl (C=O) groups is 3. The van der Waals surface area contributed by atoms with E-state index in [0.717, 1.165) is 96.3 Å². The number of unbranched alkanes of at least 4 members (excludes halogenated alkanes) is 41. The van der Waals surface area contributed by atoms with Crippen molar-refractivity contribution in [2.24, 2.45) is 0 Å². The Balaban J connectivity index is 4.26. The van der Waals surface area contributed by atoms with Crippen LogP contribution in [0.15, 0.2) is 72.9 Å². The van der Waals surface area contributed by atoms with Crippen molar-refractivity contribution in [3.8, 4) is 0 Å². The number of ether oxygens (including phenoxy) is 3. The van der Waals surface area contributed by atoms with Gasteiger partial charge in [0.05, 0.1) is 0 Å². The van der Waals surface area contributed by atoms with Gasteiger partial charge in [-0.15, -0.1) is 0 Å². The lowest BCUT2D eigenvalue weighted by atomic mass is 10.0. The van der Waals surface area contributed by atoms with Gasteiger partial charge in [0.15, 0.2) is 6.10 Å². The molecule has 80 heavy (non-hydrogen) atoms. The summed E-state index contributed by atoms with van der Waals surface area (Å²) in [4.78, 5) is 38.4. The van der Waals surface area contributed by atoms with Crippen LogP contribution in [-0.4, -0.2) is 37.2 Å². The fourth-order valence-electron chi connectivity index (χ4n) is 10.2. The lowest BCUT2D eigenvalue weighted by Gasteiger charge is -2.18. The van der Waals surface area contributed by atoms with E-state index in [-0.39, 0.29) is 31.1 Å². The van der Waals surface area contributed by atoms with Gasteiger partial charge in [-0.3, -0.25) is 14.4 Å². The van der Waals surface area contributed by atoms with Crippen molar-refractivity contribution in [1.82, 2.24) is 0 Å². The van der Waals surface area contributed by atoms with E-state index in [4.69, 9.17) is 14.2 Å². The van der Waals surface area contributed by atoms with Crippen molar-refractivity contribution >= 4 is 17.9 Å². The Bertz CT molecular complexity index is 1470. The van der Waals surface area contributed by atoms with Crippen molar-refractivity contribution in [1.29, 1.82) is 0 Å². The Kier molecular flexibility index (Phi) is 65.7. The maximum atomic E-state index is 13.0. The van der Waals surface area contributed by atoms with Crippen LogP contribution >= 0.6 is 0 Å². The summed E-state index contributed by atoms with van der Waals surface area (Å²) in [5.41, 5.74) is 0. The van der Waals surface area contributed by atoms with Gasteiger partial charge < -0.3 is 14.2 Å². The van der Waals surface area contributed by atoms with Gasteiger partial charge in [0.25, 0.3) is 0 Å². The van der Waals surface area contributed by atoms with Crippen LogP contribution in [-0.2, 0) is 28.6 Å². The topological polar surface area (TPSA) is 78.9 Å². The molecule has 0 bridgehead atoms. The molecule has 0 spiro atoms. The third-order valence-electron chi connectivity index (χ3n) is 15.4. The number of allylic oxidation sites excluding steroid dienone is 12. The summed E-state index contributed by atoms with van der Waals surface area (Å²) in [6.07, 6.45) is 89.3. The Morgan fingerprint density at radius 1 is 0.263 bits per heavy atom. The van der Waals surface area contributed by atoms with E-state index in [1.54, 1.807) is 0 Å². The average Bonchev–Trinajstić information content (AvgIpc) is 3.46. The molecule has 0 radical (unpaired) electrons. The maximum Gasteiger partial charge on any atom is 0.306 e. The molecule has 0 N–H and O–H groups in total. The molecule has 6 heteroatoms. The first-order valence-corrected chi connectivity index (χ1v) is 34.9. The van der Waals surface area contributed by atoms with Gasteiger partial charge >= 0.3 is 17.9 Å². The summed E-state index contributed by atoms with van der Waals surface area (Å²) in [7, 11) is 0. The van der Waals surface area contributed by atoms with Crippen LogP contribution in [0.1, 0.15) is 361 Å². The Hall–Kier alpha value is -3.15. The summed E-state index contributed by atoms with van der Waals surface area (Å²) >= 11 is 0. The standard InChI is InChI=1S/C74H132O6/c1-4-7-10-13-16-19-22-25-27-29-31-33-35-37-39-41-43-45-47-49-52-55-58-61-64-67-73(76)79-70-71(69-78-72(75)66-63-60-57-54-51-24-21-18-15-12-9-6-3)80-74(77)68-65-62-59-56-53-50-48-46-44-42-40-38-36-34-32-30-28-26-23-20-17-14-11-8-5-2/h7,10,16,19,25,27,30-33,37,39,71H,4-6,8-9,11-15,17-18,20-24,26,28-29,34-36,38,40-70H2,1-3H3/b10-7-,19-16-,27-25-,32-30-,33-31-,39-37-. The monoisotopic (exact) mass is 1120 g/mol. The molecule has 6 nitrogen and oxygen atoms in total. The molecule has 0 heterocycles. The predicted molar refractivity (Wildman–Crippen MR) is 348 cm³/mol. The molecule has 0 saturated carbocycles. The quantitative estimate of drug-likeness (QED) is 0.0261. The molecule has 464 valence electrons. The molecule has 1 unspecified atom stereocenters. The van der Waals surface area contributed by atoms with E-state index in [1.165, 1.54) is 225 Å². The van der Waals surface area contributed by atoms with Crippen LogP contribution in [0.5, 0.6) is 0 Å². The molecule has 0 aliphatic carbocycles. The molecule has 0 saturated heterocycles.